The maximum absolute atomic E-state index is 13.1. The number of hydrogen-bond acceptors (Lipinski definition) is 3. The van der Waals surface area contributed by atoms with Crippen molar-refractivity contribution in [3.63, 3.8) is 0 Å². The number of carbonyl (C=O) groups excluding carboxylic acids is 3. The van der Waals surface area contributed by atoms with Crippen LogP contribution in [0.4, 0.5) is 4.79 Å². The standard InChI is InChI=1S/C20H25N3O3/c1-14-6-4-5-11-22(14)17(24)13-23-18(25)20(21-19(23)26)10-9-15-7-2-3-8-16(15)12-20/h2-3,7-8,14H,4-6,9-13H2,1H3,(H,21,26)/t14-,20-/m0/s1. The maximum atomic E-state index is 13.1. The minimum absolute atomic E-state index is 0.131. The number of carbonyl (C=O) groups is 3. The minimum Gasteiger partial charge on any atom is -0.338 e. The van der Waals surface area contributed by atoms with E-state index in [4.69, 9.17) is 0 Å². The highest BCUT2D eigenvalue weighted by molar-refractivity contribution is 6.09. The molecule has 3 aliphatic rings. The maximum Gasteiger partial charge on any atom is 0.325 e. The lowest BCUT2D eigenvalue weighted by Crippen LogP contribution is -2.52. The van der Waals surface area contributed by atoms with Gasteiger partial charge >= 0.3 is 6.03 Å². The second-order valence-electron chi connectivity index (χ2n) is 7.78. The number of piperidine rings is 1. The third-order valence-corrected chi connectivity index (χ3v) is 6.09. The lowest BCUT2D eigenvalue weighted by molar-refractivity contribution is -0.141. The van der Waals surface area contributed by atoms with Gasteiger partial charge in [0, 0.05) is 19.0 Å². The molecule has 2 saturated heterocycles. The summed E-state index contributed by atoms with van der Waals surface area (Å²) >= 11 is 0. The van der Waals surface area contributed by atoms with Gasteiger partial charge in [-0.1, -0.05) is 24.3 Å². The van der Waals surface area contributed by atoms with Crippen LogP contribution in [0.5, 0.6) is 0 Å². The lowest BCUT2D eigenvalue weighted by Gasteiger charge is -2.34. The zero-order valence-electron chi connectivity index (χ0n) is 15.2. The quantitative estimate of drug-likeness (QED) is 0.824. The van der Waals surface area contributed by atoms with E-state index in [1.165, 1.54) is 5.56 Å². The van der Waals surface area contributed by atoms with Crippen LogP contribution in [0.2, 0.25) is 0 Å². The summed E-state index contributed by atoms with van der Waals surface area (Å²) in [5.41, 5.74) is 1.45. The number of imide groups is 1. The first kappa shape index (κ1) is 17.1. The molecule has 2 heterocycles. The summed E-state index contributed by atoms with van der Waals surface area (Å²) in [6, 6.07) is 7.77. The number of amides is 4. The summed E-state index contributed by atoms with van der Waals surface area (Å²) in [5.74, 6) is -0.385. The largest absolute Gasteiger partial charge is 0.338 e. The van der Waals surface area contributed by atoms with Crippen LogP contribution in [0.15, 0.2) is 24.3 Å². The Labute approximate surface area is 153 Å². The smallest absolute Gasteiger partial charge is 0.325 e. The molecular weight excluding hydrogens is 330 g/mol. The molecule has 0 radical (unpaired) electrons. The van der Waals surface area contributed by atoms with Crippen molar-refractivity contribution >= 4 is 17.8 Å². The van der Waals surface area contributed by atoms with Gasteiger partial charge in [-0.25, -0.2) is 4.79 Å². The van der Waals surface area contributed by atoms with Crippen LogP contribution in [0.25, 0.3) is 0 Å². The molecule has 2 fully saturated rings. The van der Waals surface area contributed by atoms with Gasteiger partial charge in [0.2, 0.25) is 5.91 Å². The van der Waals surface area contributed by atoms with Gasteiger partial charge in [-0.2, -0.15) is 0 Å². The molecule has 2 aliphatic heterocycles. The molecule has 26 heavy (non-hydrogen) atoms. The monoisotopic (exact) mass is 355 g/mol. The Morgan fingerprint density at radius 3 is 2.77 bits per heavy atom. The molecule has 1 N–H and O–H groups in total. The first-order valence-corrected chi connectivity index (χ1v) is 9.50. The van der Waals surface area contributed by atoms with E-state index in [1.54, 1.807) is 0 Å². The number of aryl methyl sites for hydroxylation is 1. The predicted octanol–water partition coefficient (Wildman–Crippen LogP) is 1.87. The highest BCUT2D eigenvalue weighted by atomic mass is 16.2. The summed E-state index contributed by atoms with van der Waals surface area (Å²) in [5, 5.41) is 2.90. The molecule has 0 saturated carbocycles. The van der Waals surface area contributed by atoms with Gasteiger partial charge in [0.05, 0.1) is 0 Å². The molecule has 138 valence electrons. The average Bonchev–Trinajstić information content (AvgIpc) is 2.86. The fourth-order valence-corrected chi connectivity index (χ4v) is 4.54. The highest BCUT2D eigenvalue weighted by Crippen LogP contribution is 2.33. The number of fused-ring (bicyclic) bond motifs is 1. The molecule has 0 aromatic heterocycles. The molecule has 1 aromatic rings. The Kier molecular flexibility index (Phi) is 4.21. The first-order valence-electron chi connectivity index (χ1n) is 9.50. The van der Waals surface area contributed by atoms with E-state index in [0.29, 0.717) is 19.4 Å². The Balaban J connectivity index is 1.50. The van der Waals surface area contributed by atoms with Crippen molar-refractivity contribution in [2.24, 2.45) is 0 Å². The molecule has 1 aliphatic carbocycles. The molecule has 0 bridgehead atoms. The number of urea groups is 1. The van der Waals surface area contributed by atoms with Crippen molar-refractivity contribution in [1.29, 1.82) is 0 Å². The molecule has 6 heteroatoms. The number of likely N-dealkylation sites (tertiary alicyclic amines) is 1. The van der Waals surface area contributed by atoms with Gasteiger partial charge in [0.15, 0.2) is 0 Å². The number of hydrogen-bond donors (Lipinski definition) is 1. The summed E-state index contributed by atoms with van der Waals surface area (Å²) in [4.78, 5) is 41.2. The molecule has 1 spiro atoms. The summed E-state index contributed by atoms with van der Waals surface area (Å²) < 4.78 is 0. The third-order valence-electron chi connectivity index (χ3n) is 6.09. The third kappa shape index (κ3) is 2.77. The zero-order valence-corrected chi connectivity index (χ0v) is 15.2. The molecule has 1 aromatic carbocycles. The van der Waals surface area contributed by atoms with E-state index >= 15 is 0 Å². The van der Waals surface area contributed by atoms with Crippen LogP contribution in [-0.2, 0) is 22.4 Å². The Morgan fingerprint density at radius 2 is 2.00 bits per heavy atom. The Hall–Kier alpha value is -2.37. The van der Waals surface area contributed by atoms with Crippen LogP contribution < -0.4 is 5.32 Å². The van der Waals surface area contributed by atoms with Gasteiger partial charge in [0.25, 0.3) is 5.91 Å². The Bertz CT molecular complexity index is 762. The first-order chi connectivity index (χ1) is 12.5. The minimum atomic E-state index is -0.890. The van der Waals surface area contributed by atoms with E-state index < -0.39 is 11.6 Å². The highest BCUT2D eigenvalue weighted by Gasteiger charge is 2.52. The van der Waals surface area contributed by atoms with Gasteiger partial charge in [0.1, 0.15) is 12.1 Å². The van der Waals surface area contributed by atoms with Crippen molar-refractivity contribution in [3.8, 4) is 0 Å². The van der Waals surface area contributed by atoms with Crippen LogP contribution >= 0.6 is 0 Å². The van der Waals surface area contributed by atoms with E-state index in [9.17, 15) is 14.4 Å². The predicted molar refractivity (Wildman–Crippen MR) is 96.5 cm³/mol. The molecular formula is C20H25N3O3. The normalized spacial score (nSPS) is 28.3. The fraction of sp³-hybridized carbons (Fsp3) is 0.550. The zero-order chi connectivity index (χ0) is 18.3. The van der Waals surface area contributed by atoms with Gasteiger partial charge in [-0.15, -0.1) is 0 Å². The van der Waals surface area contributed by atoms with Crippen molar-refractivity contribution in [2.45, 2.75) is 57.0 Å². The van der Waals surface area contributed by atoms with Crippen molar-refractivity contribution in [1.82, 2.24) is 15.1 Å². The second kappa shape index (κ2) is 6.41. The lowest BCUT2D eigenvalue weighted by atomic mass is 9.78. The molecule has 4 amide bonds. The fourth-order valence-electron chi connectivity index (χ4n) is 4.54. The Morgan fingerprint density at radius 1 is 1.23 bits per heavy atom. The number of nitrogens with one attached hydrogen (secondary N) is 1. The van der Waals surface area contributed by atoms with Gasteiger partial charge in [-0.05, 0) is 50.2 Å². The molecule has 4 rings (SSSR count). The number of benzene rings is 1. The summed E-state index contributed by atoms with van der Waals surface area (Å²) in [6.45, 7) is 2.59. The topological polar surface area (TPSA) is 69.7 Å². The van der Waals surface area contributed by atoms with Crippen molar-refractivity contribution < 1.29 is 14.4 Å². The number of nitrogens with zero attached hydrogens (tertiary/aromatic N) is 2. The summed E-state index contributed by atoms with van der Waals surface area (Å²) in [7, 11) is 0. The van der Waals surface area contributed by atoms with E-state index in [1.807, 2.05) is 30.0 Å². The number of rotatable bonds is 2. The molecule has 2 atom stereocenters. The second-order valence-corrected chi connectivity index (χ2v) is 7.78. The average molecular weight is 355 g/mol. The molecule has 6 nitrogen and oxygen atoms in total. The van der Waals surface area contributed by atoms with E-state index in [-0.39, 0.29) is 24.4 Å². The summed E-state index contributed by atoms with van der Waals surface area (Å²) in [6.07, 6.45) is 4.92. The van der Waals surface area contributed by atoms with Crippen LogP contribution in [0.3, 0.4) is 0 Å². The van der Waals surface area contributed by atoms with Gasteiger partial charge < -0.3 is 10.2 Å². The van der Waals surface area contributed by atoms with E-state index in [0.717, 1.165) is 36.1 Å². The van der Waals surface area contributed by atoms with Crippen LogP contribution in [0, 0.1) is 0 Å². The van der Waals surface area contributed by atoms with Gasteiger partial charge in [-0.3, -0.25) is 14.5 Å². The van der Waals surface area contributed by atoms with Crippen LogP contribution in [-0.4, -0.2) is 52.3 Å². The van der Waals surface area contributed by atoms with E-state index in [2.05, 4.69) is 11.4 Å². The van der Waals surface area contributed by atoms with Crippen molar-refractivity contribution in [3.05, 3.63) is 35.4 Å². The SMILES string of the molecule is C[C@H]1CCCCN1C(=O)CN1C(=O)N[C@]2(CCc3ccccc3C2)C1=O. The molecule has 0 unspecified atom stereocenters. The van der Waals surface area contributed by atoms with Crippen LogP contribution in [0.1, 0.15) is 43.7 Å². The van der Waals surface area contributed by atoms with Crippen molar-refractivity contribution in [2.75, 3.05) is 13.1 Å².